The molecule has 11 heteroatoms. The number of aliphatic hydroxyl groups excluding tert-OH is 2. The highest BCUT2D eigenvalue weighted by Crippen LogP contribution is 2.16. The van der Waals surface area contributed by atoms with Crippen LogP contribution < -0.4 is 11.1 Å². The maximum atomic E-state index is 9.03. The summed E-state index contributed by atoms with van der Waals surface area (Å²) in [5.41, 5.74) is 4.92. The molecule has 2 heterocycles. The van der Waals surface area contributed by atoms with Gasteiger partial charge in [-0.2, -0.15) is 0 Å². The Labute approximate surface area is 201 Å². The van der Waals surface area contributed by atoms with Crippen LogP contribution in [0.3, 0.4) is 0 Å². The van der Waals surface area contributed by atoms with Gasteiger partial charge in [0.1, 0.15) is 21.3 Å². The summed E-state index contributed by atoms with van der Waals surface area (Å²) in [5.74, 6) is 0.692. The van der Waals surface area contributed by atoms with Crippen molar-refractivity contribution >= 4 is 85.8 Å². The van der Waals surface area contributed by atoms with Crippen molar-refractivity contribution in [3.63, 3.8) is 0 Å². The van der Waals surface area contributed by atoms with E-state index in [9.17, 15) is 0 Å². The molecule has 27 heavy (non-hydrogen) atoms. The van der Waals surface area contributed by atoms with Crippen molar-refractivity contribution in [3.05, 3.63) is 46.9 Å². The molecule has 0 aliphatic carbocycles. The largest absolute Gasteiger partial charge is 0.392 e. The maximum Gasteiger partial charge on any atom is 0.132 e. The zero-order valence-corrected chi connectivity index (χ0v) is 21.2. The fraction of sp³-hybridized carbons (Fsp3) is 0.375. The lowest BCUT2D eigenvalue weighted by Crippen LogP contribution is -2.16. The minimum absolute atomic E-state index is 0.338. The first kappa shape index (κ1) is 27.3. The Morgan fingerprint density at radius 1 is 0.926 bits per heavy atom. The smallest absolute Gasteiger partial charge is 0.132 e. The second-order valence-corrected chi connectivity index (χ2v) is 8.89. The molecule has 0 radical (unpaired) electrons. The van der Waals surface area contributed by atoms with Crippen LogP contribution in [0.5, 0.6) is 0 Å². The number of nitrogens with two attached hydrogens (primary N) is 1. The van der Waals surface area contributed by atoms with Crippen LogP contribution in [0.2, 0.25) is 15.5 Å². The lowest BCUT2D eigenvalue weighted by molar-refractivity contribution is 0.203. The Morgan fingerprint density at radius 3 is 1.67 bits per heavy atom. The second-order valence-electron chi connectivity index (χ2n) is 5.24. The number of rotatable bonds is 4. The number of halogens is 5. The highest BCUT2D eigenvalue weighted by atomic mass is 127. The summed E-state index contributed by atoms with van der Waals surface area (Å²) in [6, 6.07) is 7.13. The summed E-state index contributed by atoms with van der Waals surface area (Å²) in [7, 11) is 0. The number of aromatic nitrogens is 2. The average Bonchev–Trinajstić information content (AvgIpc) is 2.52. The van der Waals surface area contributed by atoms with E-state index in [-0.39, 0.29) is 6.10 Å². The van der Waals surface area contributed by atoms with E-state index in [0.717, 1.165) is 7.14 Å². The lowest BCUT2D eigenvalue weighted by atomic mass is 10.4. The molecule has 2 atom stereocenters. The predicted octanol–water partition coefficient (Wildman–Crippen LogP) is 4.45. The first-order valence-electron chi connectivity index (χ1n) is 7.65. The molecule has 6 nitrogen and oxygen atoms in total. The van der Waals surface area contributed by atoms with Gasteiger partial charge < -0.3 is 21.3 Å². The van der Waals surface area contributed by atoms with E-state index in [2.05, 4.69) is 60.5 Å². The topological polar surface area (TPSA) is 104 Å². The molecular formula is C16H21Cl3I2N4O2. The molecule has 0 saturated carbocycles. The number of anilines is 1. The van der Waals surface area contributed by atoms with Crippen molar-refractivity contribution in [3.8, 4) is 0 Å². The van der Waals surface area contributed by atoms with Gasteiger partial charge in [-0.15, -0.1) is 0 Å². The van der Waals surface area contributed by atoms with Crippen LogP contribution in [0.15, 0.2) is 24.3 Å². The van der Waals surface area contributed by atoms with Gasteiger partial charge in [0.15, 0.2) is 0 Å². The van der Waals surface area contributed by atoms with E-state index in [0.29, 0.717) is 34.4 Å². The standard InChI is InChI=1S/C8H10ClIN2O.C5H2Cl2IN.C3H9NO/c1-5(13)4-11-8-3-6(10)2-7(9)12-8;6-4-1-3(8)2-5(7)9-4;1-3(5)2-4/h2-3,5,13H,4H2,1H3,(H,11,12);1-2H;3,5H,2,4H2,1H3/t5-;;3-/m1.1/s1. The summed E-state index contributed by atoms with van der Waals surface area (Å²) >= 11 is 21.1. The molecule has 0 aromatic carbocycles. The molecule has 0 aliphatic rings. The highest BCUT2D eigenvalue weighted by Gasteiger charge is 2.00. The van der Waals surface area contributed by atoms with E-state index < -0.39 is 6.10 Å². The van der Waals surface area contributed by atoms with Gasteiger partial charge >= 0.3 is 0 Å². The van der Waals surface area contributed by atoms with Gasteiger partial charge in [0.05, 0.1) is 12.2 Å². The van der Waals surface area contributed by atoms with Gasteiger partial charge in [0, 0.05) is 20.2 Å². The highest BCUT2D eigenvalue weighted by molar-refractivity contribution is 14.1. The Balaban J connectivity index is 0.000000419. The second kappa shape index (κ2) is 15.2. The Bertz CT molecular complexity index is 624. The molecule has 0 amide bonds. The van der Waals surface area contributed by atoms with E-state index in [1.807, 2.05) is 6.07 Å². The van der Waals surface area contributed by atoms with E-state index in [4.69, 9.17) is 50.7 Å². The monoisotopic (exact) mass is 660 g/mol. The molecule has 0 aliphatic heterocycles. The van der Waals surface area contributed by atoms with Crippen LogP contribution >= 0.6 is 80.0 Å². The number of nitrogens with zero attached hydrogens (tertiary/aromatic N) is 2. The quantitative estimate of drug-likeness (QED) is 0.286. The van der Waals surface area contributed by atoms with Gasteiger partial charge in [-0.05, 0) is 83.3 Å². The van der Waals surface area contributed by atoms with Crippen molar-refractivity contribution in [2.45, 2.75) is 26.1 Å². The van der Waals surface area contributed by atoms with Crippen molar-refractivity contribution in [2.24, 2.45) is 5.73 Å². The third-order valence-corrected chi connectivity index (χ3v) is 4.23. The molecule has 152 valence electrons. The van der Waals surface area contributed by atoms with Gasteiger partial charge in [-0.1, -0.05) is 34.8 Å². The van der Waals surface area contributed by atoms with Gasteiger partial charge in [-0.3, -0.25) is 0 Å². The summed E-state index contributed by atoms with van der Waals surface area (Å²) < 4.78 is 2.02. The molecule has 0 saturated heterocycles. The number of hydrogen-bond acceptors (Lipinski definition) is 6. The Kier molecular flexibility index (Phi) is 15.4. The van der Waals surface area contributed by atoms with Gasteiger partial charge in [0.25, 0.3) is 0 Å². The number of nitrogens with one attached hydrogen (secondary N) is 1. The molecule has 5 N–H and O–H groups in total. The van der Waals surface area contributed by atoms with Crippen molar-refractivity contribution < 1.29 is 10.2 Å². The predicted molar refractivity (Wildman–Crippen MR) is 130 cm³/mol. The first-order valence-corrected chi connectivity index (χ1v) is 10.9. The van der Waals surface area contributed by atoms with E-state index in [1.54, 1.807) is 32.0 Å². The zero-order chi connectivity index (χ0) is 21.0. The van der Waals surface area contributed by atoms with Crippen LogP contribution in [0.4, 0.5) is 5.82 Å². The molecule has 0 bridgehead atoms. The summed E-state index contributed by atoms with van der Waals surface area (Å²) in [5, 5.41) is 21.6. The zero-order valence-electron chi connectivity index (χ0n) is 14.6. The first-order chi connectivity index (χ1) is 12.5. The van der Waals surface area contributed by atoms with E-state index >= 15 is 0 Å². The fourth-order valence-electron chi connectivity index (χ4n) is 1.24. The van der Waals surface area contributed by atoms with Crippen LogP contribution in [0, 0.1) is 7.14 Å². The van der Waals surface area contributed by atoms with E-state index in [1.165, 1.54) is 0 Å². The minimum atomic E-state index is -0.390. The number of hydrogen-bond donors (Lipinski definition) is 4. The molecule has 0 fully saturated rings. The van der Waals surface area contributed by atoms with Crippen LogP contribution in [0.25, 0.3) is 0 Å². The molecule has 2 rings (SSSR count). The molecule has 0 unspecified atom stereocenters. The minimum Gasteiger partial charge on any atom is -0.392 e. The molecular weight excluding hydrogens is 640 g/mol. The summed E-state index contributed by atoms with van der Waals surface area (Å²) in [6.07, 6.45) is -0.728. The Morgan fingerprint density at radius 2 is 1.33 bits per heavy atom. The van der Waals surface area contributed by atoms with Gasteiger partial charge in [0.2, 0.25) is 0 Å². The van der Waals surface area contributed by atoms with Crippen molar-refractivity contribution in [1.29, 1.82) is 0 Å². The third-order valence-electron chi connectivity index (χ3n) is 2.41. The van der Waals surface area contributed by atoms with Crippen LogP contribution in [-0.4, -0.2) is 45.5 Å². The number of aliphatic hydroxyl groups is 2. The molecule has 0 spiro atoms. The number of pyridine rings is 2. The van der Waals surface area contributed by atoms with Crippen molar-refractivity contribution in [2.75, 3.05) is 18.4 Å². The van der Waals surface area contributed by atoms with Crippen LogP contribution in [-0.2, 0) is 0 Å². The Hall–Kier alpha value is 0.310. The summed E-state index contributed by atoms with van der Waals surface area (Å²) in [6.45, 7) is 4.20. The van der Waals surface area contributed by atoms with Crippen molar-refractivity contribution in [1.82, 2.24) is 9.97 Å². The normalized spacial score (nSPS) is 12.1. The average molecular weight is 662 g/mol. The molecule has 2 aromatic heterocycles. The summed E-state index contributed by atoms with van der Waals surface area (Å²) in [4.78, 5) is 7.80. The molecule has 2 aromatic rings. The third kappa shape index (κ3) is 15.9. The maximum absolute atomic E-state index is 9.03. The lowest BCUT2D eigenvalue weighted by Gasteiger charge is -2.07. The SMILES string of the molecule is C[C@@H](O)CN.C[C@@H](O)CNc1cc(I)cc(Cl)n1.Clc1cc(I)cc(Cl)n1. The fourth-order valence-corrected chi connectivity index (χ4v) is 3.65. The van der Waals surface area contributed by atoms with Crippen LogP contribution in [0.1, 0.15) is 13.8 Å². The van der Waals surface area contributed by atoms with Gasteiger partial charge in [-0.25, -0.2) is 9.97 Å².